The molecule has 228 valence electrons. The molecule has 1 aromatic carbocycles. The number of para-hydroxylation sites is 1. The molecule has 0 radical (unpaired) electrons. The molecule has 9 nitrogen and oxygen atoms in total. The van der Waals surface area contributed by atoms with E-state index in [1.54, 1.807) is 36.5 Å². The first kappa shape index (κ1) is 30.5. The van der Waals surface area contributed by atoms with Gasteiger partial charge in [-0.15, -0.1) is 0 Å². The lowest BCUT2D eigenvalue weighted by Gasteiger charge is -2.40. The topological polar surface area (TPSA) is 114 Å². The highest BCUT2D eigenvalue weighted by Gasteiger charge is 2.35. The van der Waals surface area contributed by atoms with Crippen molar-refractivity contribution in [1.82, 2.24) is 15.2 Å². The standard InChI is InChI=1S/C34H42N4O5/c1-24-10-11-28(35-23-24)26-14-21-43-31(26)32(40)36-25-12-18-38(19-13-25)20-17-34(15-6-3-7-16-34)22-30(39)37-29-9-5-4-8-27(29)33(41)42-2/h4-5,8-11,14,21,23,25H,3,6-7,12-13,15-20,22H2,1-2H3,(H,36,40)(H,37,39). The van der Waals surface area contributed by atoms with Gasteiger partial charge in [-0.05, 0) is 80.8 Å². The molecule has 2 N–H and O–H groups in total. The van der Waals surface area contributed by atoms with Gasteiger partial charge in [0.1, 0.15) is 0 Å². The van der Waals surface area contributed by atoms with E-state index < -0.39 is 5.97 Å². The van der Waals surface area contributed by atoms with Gasteiger partial charge in [0, 0.05) is 31.7 Å². The number of piperidine rings is 1. The zero-order chi connectivity index (χ0) is 30.2. The van der Waals surface area contributed by atoms with E-state index in [9.17, 15) is 14.4 Å². The minimum absolute atomic E-state index is 0.0483. The number of esters is 1. The summed E-state index contributed by atoms with van der Waals surface area (Å²) in [5, 5.41) is 6.15. The van der Waals surface area contributed by atoms with E-state index >= 15 is 0 Å². The number of hydrogen-bond acceptors (Lipinski definition) is 7. The first-order valence-corrected chi connectivity index (χ1v) is 15.4. The van der Waals surface area contributed by atoms with E-state index in [1.165, 1.54) is 19.8 Å². The molecule has 0 unspecified atom stereocenters. The molecule has 2 aliphatic rings. The predicted octanol–water partition coefficient (Wildman–Crippen LogP) is 6.00. The molecule has 43 heavy (non-hydrogen) atoms. The van der Waals surface area contributed by atoms with Crippen LogP contribution in [0.25, 0.3) is 11.3 Å². The Balaban J connectivity index is 1.13. The van der Waals surface area contributed by atoms with Gasteiger partial charge in [0.25, 0.3) is 5.91 Å². The van der Waals surface area contributed by atoms with Crippen molar-refractivity contribution in [2.45, 2.75) is 70.8 Å². The fraction of sp³-hybridized carbons (Fsp3) is 0.471. The zero-order valence-corrected chi connectivity index (χ0v) is 25.2. The van der Waals surface area contributed by atoms with E-state index in [0.717, 1.165) is 75.8 Å². The van der Waals surface area contributed by atoms with Crippen LogP contribution in [0, 0.1) is 12.3 Å². The quantitative estimate of drug-likeness (QED) is 0.280. The molecule has 3 aromatic rings. The number of amides is 2. The van der Waals surface area contributed by atoms with E-state index in [0.29, 0.717) is 29.0 Å². The molecule has 0 spiro atoms. The van der Waals surface area contributed by atoms with Gasteiger partial charge in [0.15, 0.2) is 0 Å². The SMILES string of the molecule is COC(=O)c1ccccc1NC(=O)CC1(CCN2CCC(NC(=O)c3occc3-c3ccc(C)cn3)CC2)CCCCC1. The number of methoxy groups -OCH3 is 1. The van der Waals surface area contributed by atoms with Crippen LogP contribution in [0.15, 0.2) is 59.3 Å². The van der Waals surface area contributed by atoms with Crippen molar-refractivity contribution in [3.63, 3.8) is 0 Å². The maximum atomic E-state index is 13.2. The largest absolute Gasteiger partial charge is 0.465 e. The summed E-state index contributed by atoms with van der Waals surface area (Å²) >= 11 is 0. The van der Waals surface area contributed by atoms with Gasteiger partial charge in [-0.2, -0.15) is 0 Å². The fourth-order valence-corrected chi connectivity index (χ4v) is 6.49. The van der Waals surface area contributed by atoms with Crippen molar-refractivity contribution in [3.8, 4) is 11.3 Å². The van der Waals surface area contributed by atoms with Crippen molar-refractivity contribution < 1.29 is 23.5 Å². The average molecular weight is 587 g/mol. The molecule has 1 aliphatic carbocycles. The molecule has 0 atom stereocenters. The molecule has 2 amide bonds. The van der Waals surface area contributed by atoms with E-state index in [4.69, 9.17) is 9.15 Å². The van der Waals surface area contributed by atoms with Crippen LogP contribution in [0.3, 0.4) is 0 Å². The Morgan fingerprint density at radius 1 is 1.05 bits per heavy atom. The van der Waals surface area contributed by atoms with Crippen molar-refractivity contribution in [3.05, 3.63) is 71.8 Å². The van der Waals surface area contributed by atoms with Crippen molar-refractivity contribution in [2.24, 2.45) is 5.41 Å². The summed E-state index contributed by atoms with van der Waals surface area (Å²) in [6.45, 7) is 4.69. The lowest BCUT2D eigenvalue weighted by Crippen LogP contribution is -2.45. The predicted molar refractivity (Wildman–Crippen MR) is 165 cm³/mol. The first-order valence-electron chi connectivity index (χ1n) is 15.4. The van der Waals surface area contributed by atoms with Gasteiger partial charge in [-0.25, -0.2) is 4.79 Å². The van der Waals surface area contributed by atoms with Crippen LogP contribution in [-0.2, 0) is 9.53 Å². The van der Waals surface area contributed by atoms with E-state index in [2.05, 4.69) is 20.5 Å². The number of rotatable bonds is 10. The van der Waals surface area contributed by atoms with Gasteiger partial charge in [0.2, 0.25) is 11.7 Å². The summed E-state index contributed by atoms with van der Waals surface area (Å²) in [6, 6.07) is 12.7. The molecular formula is C34H42N4O5. The van der Waals surface area contributed by atoms with E-state index in [-0.39, 0.29) is 23.3 Å². The number of carbonyl (C=O) groups is 3. The Morgan fingerprint density at radius 2 is 1.81 bits per heavy atom. The summed E-state index contributed by atoms with van der Waals surface area (Å²) in [5.41, 5.74) is 3.28. The lowest BCUT2D eigenvalue weighted by atomic mass is 9.69. The number of benzene rings is 1. The summed E-state index contributed by atoms with van der Waals surface area (Å²) in [7, 11) is 1.34. The summed E-state index contributed by atoms with van der Waals surface area (Å²) in [5.74, 6) is -0.430. The van der Waals surface area contributed by atoms with Crippen molar-refractivity contribution in [1.29, 1.82) is 0 Å². The number of anilines is 1. The second-order valence-electron chi connectivity index (χ2n) is 12.0. The molecule has 5 rings (SSSR count). The summed E-state index contributed by atoms with van der Waals surface area (Å²) in [6.07, 6.45) is 12.0. The van der Waals surface area contributed by atoms with Crippen molar-refractivity contribution >= 4 is 23.5 Å². The molecular weight excluding hydrogens is 544 g/mol. The third kappa shape index (κ3) is 7.70. The molecule has 2 fully saturated rings. The highest BCUT2D eigenvalue weighted by Crippen LogP contribution is 2.43. The number of carbonyl (C=O) groups excluding carboxylic acids is 3. The van der Waals surface area contributed by atoms with Gasteiger partial charge in [-0.1, -0.05) is 37.5 Å². The van der Waals surface area contributed by atoms with Gasteiger partial charge >= 0.3 is 5.97 Å². The van der Waals surface area contributed by atoms with Crippen LogP contribution >= 0.6 is 0 Å². The monoisotopic (exact) mass is 586 g/mol. The van der Waals surface area contributed by atoms with Crippen LogP contribution in [0.2, 0.25) is 0 Å². The maximum Gasteiger partial charge on any atom is 0.339 e. The van der Waals surface area contributed by atoms with Crippen LogP contribution in [0.4, 0.5) is 5.69 Å². The Morgan fingerprint density at radius 3 is 2.53 bits per heavy atom. The Labute approximate surface area is 253 Å². The number of hydrogen-bond donors (Lipinski definition) is 2. The van der Waals surface area contributed by atoms with Crippen molar-refractivity contribution in [2.75, 3.05) is 32.1 Å². The zero-order valence-electron chi connectivity index (χ0n) is 25.2. The number of ether oxygens (including phenoxy) is 1. The minimum Gasteiger partial charge on any atom is -0.465 e. The maximum absolute atomic E-state index is 13.2. The summed E-state index contributed by atoms with van der Waals surface area (Å²) < 4.78 is 10.4. The normalized spacial score (nSPS) is 17.3. The van der Waals surface area contributed by atoms with Crippen LogP contribution < -0.4 is 10.6 Å². The smallest absolute Gasteiger partial charge is 0.339 e. The summed E-state index contributed by atoms with van der Waals surface area (Å²) in [4.78, 5) is 45.4. The molecule has 1 saturated heterocycles. The third-order valence-corrected chi connectivity index (χ3v) is 9.00. The van der Waals surface area contributed by atoms with Crippen LogP contribution in [-0.4, -0.2) is 60.5 Å². The first-order chi connectivity index (χ1) is 20.9. The van der Waals surface area contributed by atoms with Gasteiger partial charge in [0.05, 0.1) is 35.9 Å². The number of likely N-dealkylation sites (tertiary alicyclic amines) is 1. The Bertz CT molecular complexity index is 1400. The van der Waals surface area contributed by atoms with Crippen LogP contribution in [0.1, 0.15) is 84.3 Å². The van der Waals surface area contributed by atoms with Gasteiger partial charge < -0.3 is 24.7 Å². The Kier molecular flexibility index (Phi) is 9.92. The number of nitrogens with zero attached hydrogens (tertiary/aromatic N) is 2. The molecule has 1 saturated carbocycles. The molecule has 0 bridgehead atoms. The second-order valence-corrected chi connectivity index (χ2v) is 12.0. The Hall–Kier alpha value is -3.98. The van der Waals surface area contributed by atoms with E-state index in [1.807, 2.05) is 19.1 Å². The molecule has 2 aromatic heterocycles. The minimum atomic E-state index is -0.462. The number of aromatic nitrogens is 1. The molecule has 1 aliphatic heterocycles. The molecule has 3 heterocycles. The second kappa shape index (κ2) is 14.0. The highest BCUT2D eigenvalue weighted by molar-refractivity contribution is 6.01. The number of pyridine rings is 1. The fourth-order valence-electron chi connectivity index (χ4n) is 6.49. The number of nitrogens with one attached hydrogen (secondary N) is 2. The highest BCUT2D eigenvalue weighted by atomic mass is 16.5. The average Bonchev–Trinajstić information content (AvgIpc) is 3.52. The van der Waals surface area contributed by atoms with Crippen LogP contribution in [0.5, 0.6) is 0 Å². The number of aryl methyl sites for hydroxylation is 1. The van der Waals surface area contributed by atoms with Gasteiger partial charge in [-0.3, -0.25) is 14.6 Å². The lowest BCUT2D eigenvalue weighted by molar-refractivity contribution is -0.119. The number of furan rings is 1. The third-order valence-electron chi connectivity index (χ3n) is 9.00. The molecule has 9 heteroatoms.